The first kappa shape index (κ1) is 8.64. The van der Waals surface area contributed by atoms with Gasteiger partial charge in [-0.15, -0.1) is 0 Å². The van der Waals surface area contributed by atoms with Gasteiger partial charge in [-0.05, 0) is 28.1 Å². The number of halogens is 1. The van der Waals surface area contributed by atoms with Gasteiger partial charge < -0.3 is 11.5 Å². The standard InChI is InChI=1S/C7H10BrN3/c8-7-3-1-2-6(11-7)5(10)4-9/h1-3,5H,4,9-10H2/t5-/m0/s1. The summed E-state index contributed by atoms with van der Waals surface area (Å²) in [6.45, 7) is 0.420. The normalized spacial score (nSPS) is 13.0. The monoisotopic (exact) mass is 215 g/mol. The van der Waals surface area contributed by atoms with Gasteiger partial charge in [-0.1, -0.05) is 6.07 Å². The molecule has 60 valence electrons. The highest BCUT2D eigenvalue weighted by Crippen LogP contribution is 2.10. The molecule has 0 aliphatic rings. The number of pyridine rings is 1. The Kier molecular flexibility index (Phi) is 2.99. The number of rotatable bonds is 2. The lowest BCUT2D eigenvalue weighted by Gasteiger charge is -2.06. The maximum absolute atomic E-state index is 5.65. The summed E-state index contributed by atoms with van der Waals surface area (Å²) in [6, 6.07) is 5.45. The van der Waals surface area contributed by atoms with Gasteiger partial charge in [-0.3, -0.25) is 0 Å². The first-order valence-electron chi connectivity index (χ1n) is 3.32. The number of hydrogen-bond acceptors (Lipinski definition) is 3. The average molecular weight is 216 g/mol. The summed E-state index contributed by atoms with van der Waals surface area (Å²) in [4.78, 5) is 4.16. The van der Waals surface area contributed by atoms with Crippen LogP contribution in [0.5, 0.6) is 0 Å². The van der Waals surface area contributed by atoms with Crippen molar-refractivity contribution < 1.29 is 0 Å². The van der Waals surface area contributed by atoms with Crippen molar-refractivity contribution in [1.82, 2.24) is 4.98 Å². The molecule has 0 saturated heterocycles. The minimum Gasteiger partial charge on any atom is -0.329 e. The highest BCUT2D eigenvalue weighted by Gasteiger charge is 2.03. The Hall–Kier alpha value is -0.450. The lowest BCUT2D eigenvalue weighted by Crippen LogP contribution is -2.21. The van der Waals surface area contributed by atoms with E-state index >= 15 is 0 Å². The van der Waals surface area contributed by atoms with E-state index in [1.54, 1.807) is 0 Å². The molecule has 0 fully saturated rings. The second-order valence-electron chi connectivity index (χ2n) is 2.23. The quantitative estimate of drug-likeness (QED) is 0.718. The molecule has 4 N–H and O–H groups in total. The molecule has 4 heteroatoms. The fourth-order valence-corrected chi connectivity index (χ4v) is 1.11. The Morgan fingerprint density at radius 3 is 2.82 bits per heavy atom. The summed E-state index contributed by atoms with van der Waals surface area (Å²) in [5.41, 5.74) is 11.8. The molecular formula is C7H10BrN3. The fourth-order valence-electron chi connectivity index (χ4n) is 0.751. The molecule has 0 unspecified atom stereocenters. The highest BCUT2D eigenvalue weighted by atomic mass is 79.9. The summed E-state index contributed by atoms with van der Waals surface area (Å²) in [5.74, 6) is 0. The zero-order chi connectivity index (χ0) is 8.27. The summed E-state index contributed by atoms with van der Waals surface area (Å²) < 4.78 is 0.791. The molecule has 1 atom stereocenters. The van der Waals surface area contributed by atoms with Crippen LogP contribution in [0.4, 0.5) is 0 Å². The number of nitrogens with two attached hydrogens (primary N) is 2. The molecule has 0 aliphatic heterocycles. The number of aromatic nitrogens is 1. The molecule has 0 radical (unpaired) electrons. The highest BCUT2D eigenvalue weighted by molar-refractivity contribution is 9.10. The van der Waals surface area contributed by atoms with Gasteiger partial charge in [0.15, 0.2) is 0 Å². The van der Waals surface area contributed by atoms with Crippen LogP contribution >= 0.6 is 15.9 Å². The lowest BCUT2D eigenvalue weighted by atomic mass is 10.2. The van der Waals surface area contributed by atoms with E-state index in [1.807, 2.05) is 18.2 Å². The van der Waals surface area contributed by atoms with E-state index in [-0.39, 0.29) is 6.04 Å². The third-order valence-corrected chi connectivity index (χ3v) is 1.81. The second-order valence-corrected chi connectivity index (χ2v) is 3.04. The molecular weight excluding hydrogens is 206 g/mol. The number of nitrogens with zero attached hydrogens (tertiary/aromatic N) is 1. The van der Waals surface area contributed by atoms with Crippen molar-refractivity contribution in [2.24, 2.45) is 11.5 Å². The van der Waals surface area contributed by atoms with Crippen LogP contribution in [0.1, 0.15) is 11.7 Å². The molecule has 1 rings (SSSR count). The molecule has 1 heterocycles. The Labute approximate surface area is 73.9 Å². The van der Waals surface area contributed by atoms with Crippen molar-refractivity contribution in [3.63, 3.8) is 0 Å². The maximum Gasteiger partial charge on any atom is 0.106 e. The Bertz CT molecular complexity index is 239. The molecule has 0 aromatic carbocycles. The van der Waals surface area contributed by atoms with Gasteiger partial charge in [-0.25, -0.2) is 4.98 Å². The maximum atomic E-state index is 5.65. The second kappa shape index (κ2) is 3.80. The first-order chi connectivity index (χ1) is 5.24. The van der Waals surface area contributed by atoms with Crippen LogP contribution in [0.25, 0.3) is 0 Å². The third kappa shape index (κ3) is 2.25. The fraction of sp³-hybridized carbons (Fsp3) is 0.286. The molecule has 3 nitrogen and oxygen atoms in total. The van der Waals surface area contributed by atoms with Crippen LogP contribution in [0.3, 0.4) is 0 Å². The molecule has 1 aromatic heterocycles. The van der Waals surface area contributed by atoms with E-state index in [4.69, 9.17) is 11.5 Å². The Morgan fingerprint density at radius 2 is 2.27 bits per heavy atom. The summed E-state index contributed by atoms with van der Waals surface area (Å²) in [6.07, 6.45) is 0. The van der Waals surface area contributed by atoms with Crippen molar-refractivity contribution in [3.8, 4) is 0 Å². The minimum atomic E-state index is -0.160. The predicted octanol–water partition coefficient (Wildman–Crippen LogP) is 0.803. The smallest absolute Gasteiger partial charge is 0.106 e. The van der Waals surface area contributed by atoms with Gasteiger partial charge in [0.2, 0.25) is 0 Å². The average Bonchev–Trinajstić information content (AvgIpc) is 2.03. The zero-order valence-electron chi connectivity index (χ0n) is 6.00. The van der Waals surface area contributed by atoms with E-state index in [0.717, 1.165) is 10.3 Å². The first-order valence-corrected chi connectivity index (χ1v) is 4.11. The van der Waals surface area contributed by atoms with E-state index in [0.29, 0.717) is 6.54 Å². The van der Waals surface area contributed by atoms with E-state index in [9.17, 15) is 0 Å². The Morgan fingerprint density at radius 1 is 1.55 bits per heavy atom. The topological polar surface area (TPSA) is 64.9 Å². The van der Waals surface area contributed by atoms with E-state index in [1.165, 1.54) is 0 Å². The summed E-state index contributed by atoms with van der Waals surface area (Å²) in [7, 11) is 0. The van der Waals surface area contributed by atoms with Gasteiger partial charge >= 0.3 is 0 Å². The van der Waals surface area contributed by atoms with Gasteiger partial charge in [0.05, 0.1) is 11.7 Å². The van der Waals surface area contributed by atoms with Gasteiger partial charge in [0.25, 0.3) is 0 Å². The molecule has 0 saturated carbocycles. The van der Waals surface area contributed by atoms with Crippen LogP contribution < -0.4 is 11.5 Å². The van der Waals surface area contributed by atoms with Gasteiger partial charge in [0, 0.05) is 6.54 Å². The third-order valence-electron chi connectivity index (χ3n) is 1.37. The number of hydrogen-bond donors (Lipinski definition) is 2. The predicted molar refractivity (Wildman–Crippen MR) is 47.9 cm³/mol. The zero-order valence-corrected chi connectivity index (χ0v) is 7.58. The molecule has 11 heavy (non-hydrogen) atoms. The molecule has 0 bridgehead atoms. The summed E-state index contributed by atoms with van der Waals surface area (Å²) >= 11 is 3.25. The van der Waals surface area contributed by atoms with Crippen molar-refractivity contribution in [2.45, 2.75) is 6.04 Å². The van der Waals surface area contributed by atoms with Crippen molar-refractivity contribution in [2.75, 3.05) is 6.54 Å². The van der Waals surface area contributed by atoms with Crippen LogP contribution in [0, 0.1) is 0 Å². The van der Waals surface area contributed by atoms with Gasteiger partial charge in [-0.2, -0.15) is 0 Å². The SMILES string of the molecule is NC[C@H](N)c1cccc(Br)n1. The Balaban J connectivity index is 2.86. The molecule has 1 aromatic rings. The summed E-state index contributed by atoms with van der Waals surface area (Å²) in [5, 5.41) is 0. The van der Waals surface area contributed by atoms with Crippen LogP contribution in [0.15, 0.2) is 22.8 Å². The van der Waals surface area contributed by atoms with Gasteiger partial charge in [0.1, 0.15) is 4.60 Å². The lowest BCUT2D eigenvalue weighted by molar-refractivity contribution is 0.709. The molecule has 0 spiro atoms. The largest absolute Gasteiger partial charge is 0.329 e. The van der Waals surface area contributed by atoms with E-state index in [2.05, 4.69) is 20.9 Å². The van der Waals surface area contributed by atoms with Crippen LogP contribution in [-0.2, 0) is 0 Å². The van der Waals surface area contributed by atoms with Crippen molar-refractivity contribution in [1.29, 1.82) is 0 Å². The molecule has 0 amide bonds. The van der Waals surface area contributed by atoms with Crippen LogP contribution in [0.2, 0.25) is 0 Å². The van der Waals surface area contributed by atoms with Crippen molar-refractivity contribution in [3.05, 3.63) is 28.5 Å². The molecule has 0 aliphatic carbocycles. The van der Waals surface area contributed by atoms with E-state index < -0.39 is 0 Å². The van der Waals surface area contributed by atoms with Crippen molar-refractivity contribution >= 4 is 15.9 Å². The van der Waals surface area contributed by atoms with Crippen LogP contribution in [-0.4, -0.2) is 11.5 Å². The minimum absolute atomic E-state index is 0.160.